The molecule has 8 heteroatoms. The number of imide groups is 1. The number of aryl methyl sites for hydroxylation is 1. The Hall–Kier alpha value is -3.16. The normalized spacial score (nSPS) is 14.0. The number of nitrogens with zero attached hydrogens (tertiary/aromatic N) is 2. The molecule has 118 valence electrons. The van der Waals surface area contributed by atoms with Crippen LogP contribution in [0.2, 0.25) is 0 Å². The van der Waals surface area contributed by atoms with E-state index in [2.05, 4.69) is 15.7 Å². The second-order valence-corrected chi connectivity index (χ2v) is 5.04. The van der Waals surface area contributed by atoms with Gasteiger partial charge in [-0.2, -0.15) is 0 Å². The molecular formula is C15H14N4O4. The average Bonchev–Trinajstić information content (AvgIpc) is 3.03. The number of aromatic nitrogens is 1. The van der Waals surface area contributed by atoms with E-state index >= 15 is 0 Å². The molecule has 4 amide bonds. The van der Waals surface area contributed by atoms with E-state index in [0.717, 1.165) is 10.6 Å². The minimum atomic E-state index is -0.648. The number of rotatable bonds is 4. The lowest BCUT2D eigenvalue weighted by Crippen LogP contribution is -2.44. The lowest BCUT2D eigenvalue weighted by molar-refractivity contribution is -0.124. The third-order valence-corrected chi connectivity index (χ3v) is 3.29. The lowest BCUT2D eigenvalue weighted by Gasteiger charge is -2.13. The topological polar surface area (TPSA) is 105 Å². The molecule has 1 aromatic carbocycles. The zero-order chi connectivity index (χ0) is 16.4. The zero-order valence-electron chi connectivity index (χ0n) is 12.3. The molecule has 0 spiro atoms. The molecule has 0 atom stereocenters. The number of benzene rings is 1. The van der Waals surface area contributed by atoms with E-state index in [1.54, 1.807) is 6.92 Å². The van der Waals surface area contributed by atoms with E-state index in [9.17, 15) is 14.4 Å². The van der Waals surface area contributed by atoms with Crippen LogP contribution in [0.3, 0.4) is 0 Å². The smallest absolute Gasteiger partial charge is 0.343 e. The van der Waals surface area contributed by atoms with Gasteiger partial charge in [0.05, 0.1) is 12.1 Å². The van der Waals surface area contributed by atoms with Gasteiger partial charge in [-0.15, -0.1) is 0 Å². The molecule has 1 aliphatic heterocycles. The zero-order valence-corrected chi connectivity index (χ0v) is 12.3. The fourth-order valence-corrected chi connectivity index (χ4v) is 2.17. The van der Waals surface area contributed by atoms with E-state index in [1.165, 1.54) is 0 Å². The summed E-state index contributed by atoms with van der Waals surface area (Å²) in [7, 11) is 0. The van der Waals surface area contributed by atoms with E-state index in [-0.39, 0.29) is 13.0 Å². The predicted octanol–water partition coefficient (Wildman–Crippen LogP) is 0.776. The molecule has 1 saturated heterocycles. The maximum atomic E-state index is 12.0. The first-order valence-electron chi connectivity index (χ1n) is 6.95. The van der Waals surface area contributed by atoms with Crippen LogP contribution in [-0.4, -0.2) is 34.4 Å². The molecule has 0 saturated carbocycles. The van der Waals surface area contributed by atoms with Crippen molar-refractivity contribution in [1.82, 2.24) is 20.7 Å². The quantitative estimate of drug-likeness (QED) is 0.811. The van der Waals surface area contributed by atoms with Crippen LogP contribution in [0.1, 0.15) is 11.5 Å². The molecule has 2 aromatic rings. The number of urea groups is 1. The molecule has 3 rings (SSSR count). The van der Waals surface area contributed by atoms with Crippen LogP contribution >= 0.6 is 0 Å². The van der Waals surface area contributed by atoms with Gasteiger partial charge in [0, 0.05) is 5.56 Å². The first-order chi connectivity index (χ1) is 11.0. The van der Waals surface area contributed by atoms with Crippen molar-refractivity contribution < 1.29 is 18.8 Å². The Morgan fingerprint density at radius 3 is 2.74 bits per heavy atom. The summed E-state index contributed by atoms with van der Waals surface area (Å²) >= 11 is 0. The number of hydrogen-bond acceptors (Lipinski definition) is 5. The second kappa shape index (κ2) is 5.91. The summed E-state index contributed by atoms with van der Waals surface area (Å²) in [5.74, 6) is 0.0473. The summed E-state index contributed by atoms with van der Waals surface area (Å²) in [5.41, 5.74) is 3.65. The number of hydrazine groups is 1. The summed E-state index contributed by atoms with van der Waals surface area (Å²) in [6.45, 7) is 1.52. The van der Waals surface area contributed by atoms with Crippen molar-refractivity contribution in [3.8, 4) is 11.5 Å². The highest BCUT2D eigenvalue weighted by atomic mass is 16.4. The van der Waals surface area contributed by atoms with Crippen LogP contribution in [0.25, 0.3) is 11.5 Å². The number of hydrogen-bond donors (Lipinski definition) is 2. The molecular weight excluding hydrogens is 300 g/mol. The van der Waals surface area contributed by atoms with E-state index in [4.69, 9.17) is 4.42 Å². The van der Waals surface area contributed by atoms with Gasteiger partial charge in [-0.25, -0.2) is 14.8 Å². The van der Waals surface area contributed by atoms with Gasteiger partial charge >= 0.3 is 6.03 Å². The predicted molar refractivity (Wildman–Crippen MR) is 78.8 cm³/mol. The Morgan fingerprint density at radius 2 is 2.09 bits per heavy atom. The summed E-state index contributed by atoms with van der Waals surface area (Å²) in [6.07, 6.45) is -0.0554. The molecule has 2 N–H and O–H groups in total. The fraction of sp³-hybridized carbons (Fsp3) is 0.200. The monoisotopic (exact) mass is 314 g/mol. The molecule has 1 aliphatic rings. The minimum absolute atomic E-state index is 0.0554. The Morgan fingerprint density at radius 1 is 1.35 bits per heavy atom. The fourth-order valence-electron chi connectivity index (χ4n) is 2.17. The molecule has 0 unspecified atom stereocenters. The molecule has 0 aliphatic carbocycles. The van der Waals surface area contributed by atoms with Crippen molar-refractivity contribution in [2.24, 2.45) is 0 Å². The largest absolute Gasteiger partial charge is 0.441 e. The van der Waals surface area contributed by atoms with Gasteiger partial charge < -0.3 is 4.42 Å². The lowest BCUT2D eigenvalue weighted by atomic mass is 10.2. The average molecular weight is 314 g/mol. The minimum Gasteiger partial charge on any atom is -0.441 e. The van der Waals surface area contributed by atoms with Gasteiger partial charge in [-0.1, -0.05) is 18.2 Å². The maximum Gasteiger partial charge on any atom is 0.343 e. The van der Waals surface area contributed by atoms with Gasteiger partial charge in [0.25, 0.3) is 0 Å². The molecule has 2 heterocycles. The van der Waals surface area contributed by atoms with E-state index in [1.807, 2.05) is 30.3 Å². The summed E-state index contributed by atoms with van der Waals surface area (Å²) < 4.78 is 5.57. The van der Waals surface area contributed by atoms with Crippen molar-refractivity contribution in [2.45, 2.75) is 13.3 Å². The van der Waals surface area contributed by atoms with Gasteiger partial charge in [0.15, 0.2) is 0 Å². The summed E-state index contributed by atoms with van der Waals surface area (Å²) in [6, 6.07) is 8.68. The third-order valence-electron chi connectivity index (χ3n) is 3.29. The van der Waals surface area contributed by atoms with Gasteiger partial charge in [0.2, 0.25) is 17.7 Å². The number of carbonyl (C=O) groups excluding carboxylic acids is 3. The van der Waals surface area contributed by atoms with Crippen LogP contribution < -0.4 is 10.7 Å². The highest BCUT2D eigenvalue weighted by molar-refractivity contribution is 6.02. The van der Waals surface area contributed by atoms with Gasteiger partial charge in [0.1, 0.15) is 12.3 Å². The van der Waals surface area contributed by atoms with Crippen LogP contribution in [0.4, 0.5) is 4.79 Å². The first-order valence-corrected chi connectivity index (χ1v) is 6.95. The Labute approximate surface area is 131 Å². The van der Waals surface area contributed by atoms with Crippen molar-refractivity contribution in [3.05, 3.63) is 41.8 Å². The molecule has 1 aromatic heterocycles. The number of carbonyl (C=O) groups is 3. The standard InChI is InChI=1S/C15H14N4O4/c1-9-11(16-14(23-9)10-5-3-2-4-6-10)7-12(20)18-19-8-13(21)17-15(19)22/h2-6H,7-8H2,1H3,(H,18,20)(H,17,21,22). The third kappa shape index (κ3) is 3.20. The molecule has 8 nitrogen and oxygen atoms in total. The van der Waals surface area contributed by atoms with E-state index < -0.39 is 17.8 Å². The highest BCUT2D eigenvalue weighted by Crippen LogP contribution is 2.21. The Bertz CT molecular complexity index is 769. The second-order valence-electron chi connectivity index (χ2n) is 5.04. The number of oxazole rings is 1. The van der Waals surface area contributed by atoms with E-state index in [0.29, 0.717) is 17.3 Å². The SMILES string of the molecule is Cc1oc(-c2ccccc2)nc1CC(=O)NN1CC(=O)NC1=O. The Balaban J connectivity index is 1.68. The maximum absolute atomic E-state index is 12.0. The Kier molecular flexibility index (Phi) is 3.80. The number of nitrogens with one attached hydrogen (secondary N) is 2. The van der Waals surface area contributed by atoms with Crippen LogP contribution in [0.15, 0.2) is 34.7 Å². The first kappa shape index (κ1) is 14.8. The van der Waals surface area contributed by atoms with Crippen LogP contribution in [0.5, 0.6) is 0 Å². The van der Waals surface area contributed by atoms with Crippen molar-refractivity contribution in [1.29, 1.82) is 0 Å². The molecule has 0 bridgehead atoms. The van der Waals surface area contributed by atoms with Crippen molar-refractivity contribution in [3.63, 3.8) is 0 Å². The summed E-state index contributed by atoms with van der Waals surface area (Å²) in [5, 5.41) is 3.00. The highest BCUT2D eigenvalue weighted by Gasteiger charge is 2.28. The summed E-state index contributed by atoms with van der Waals surface area (Å²) in [4.78, 5) is 38.7. The van der Waals surface area contributed by atoms with Gasteiger partial charge in [-0.05, 0) is 19.1 Å². The van der Waals surface area contributed by atoms with Gasteiger partial charge in [-0.3, -0.25) is 20.3 Å². The number of amides is 4. The molecule has 23 heavy (non-hydrogen) atoms. The van der Waals surface area contributed by atoms with Crippen molar-refractivity contribution in [2.75, 3.05) is 6.54 Å². The van der Waals surface area contributed by atoms with Crippen LogP contribution in [0, 0.1) is 6.92 Å². The molecule has 0 radical (unpaired) electrons. The van der Waals surface area contributed by atoms with Crippen molar-refractivity contribution >= 4 is 17.8 Å². The van der Waals surface area contributed by atoms with Crippen LogP contribution in [-0.2, 0) is 16.0 Å². The molecule has 1 fully saturated rings.